The largest absolute Gasteiger partial charge is 0.349 e. The highest BCUT2D eigenvalue weighted by atomic mass is 16.2. The minimum absolute atomic E-state index is 0.0849. The summed E-state index contributed by atoms with van der Waals surface area (Å²) >= 11 is 0. The van der Waals surface area contributed by atoms with Gasteiger partial charge in [-0.3, -0.25) is 4.79 Å². The SMILES string of the molecule is Cc1ccc(C(C)NC(=O)C2(C)CC3CCCC2CC3)c(C)c1. The van der Waals surface area contributed by atoms with E-state index in [0.29, 0.717) is 5.92 Å². The van der Waals surface area contributed by atoms with E-state index in [1.807, 2.05) is 0 Å². The molecule has 0 heterocycles. The second kappa shape index (κ2) is 6.30. The summed E-state index contributed by atoms with van der Waals surface area (Å²) in [7, 11) is 0. The van der Waals surface area contributed by atoms with Crippen LogP contribution in [0.15, 0.2) is 18.2 Å². The molecule has 0 aliphatic heterocycles. The highest BCUT2D eigenvalue weighted by molar-refractivity contribution is 5.83. The van der Waals surface area contributed by atoms with Crippen molar-refractivity contribution in [1.29, 1.82) is 0 Å². The van der Waals surface area contributed by atoms with Crippen LogP contribution in [0.3, 0.4) is 0 Å². The van der Waals surface area contributed by atoms with Crippen LogP contribution in [0.4, 0.5) is 0 Å². The fraction of sp³-hybridized carbons (Fsp3) is 0.667. The average molecular weight is 313 g/mol. The van der Waals surface area contributed by atoms with Gasteiger partial charge in [0.15, 0.2) is 0 Å². The molecule has 1 N–H and O–H groups in total. The molecule has 3 saturated carbocycles. The minimum Gasteiger partial charge on any atom is -0.349 e. The summed E-state index contributed by atoms with van der Waals surface area (Å²) in [6, 6.07) is 6.59. The maximum Gasteiger partial charge on any atom is 0.226 e. The van der Waals surface area contributed by atoms with E-state index >= 15 is 0 Å². The maximum atomic E-state index is 13.1. The predicted octanol–water partition coefficient (Wildman–Crippen LogP) is 5.09. The van der Waals surface area contributed by atoms with Gasteiger partial charge in [0.1, 0.15) is 0 Å². The Bertz CT molecular complexity index is 590. The van der Waals surface area contributed by atoms with Crippen LogP contribution in [0.25, 0.3) is 0 Å². The molecule has 2 nitrogen and oxygen atoms in total. The van der Waals surface area contributed by atoms with Crippen LogP contribution in [0.2, 0.25) is 0 Å². The Balaban J connectivity index is 1.75. The van der Waals surface area contributed by atoms with Gasteiger partial charge >= 0.3 is 0 Å². The third kappa shape index (κ3) is 3.18. The van der Waals surface area contributed by atoms with E-state index in [2.05, 4.69) is 51.2 Å². The van der Waals surface area contributed by atoms with E-state index in [-0.39, 0.29) is 17.4 Å². The molecule has 4 unspecified atom stereocenters. The monoisotopic (exact) mass is 313 g/mol. The van der Waals surface area contributed by atoms with Crippen molar-refractivity contribution in [2.75, 3.05) is 0 Å². The molecule has 1 aromatic rings. The summed E-state index contributed by atoms with van der Waals surface area (Å²) in [5, 5.41) is 3.34. The lowest BCUT2D eigenvalue weighted by atomic mass is 9.64. The first kappa shape index (κ1) is 16.5. The first-order valence-electron chi connectivity index (χ1n) is 9.28. The van der Waals surface area contributed by atoms with Crippen LogP contribution in [0.5, 0.6) is 0 Å². The molecule has 3 fully saturated rings. The molecule has 0 radical (unpaired) electrons. The molecule has 1 amide bonds. The normalized spacial score (nSPS) is 31.5. The number of nitrogens with one attached hydrogen (secondary N) is 1. The number of aryl methyl sites for hydroxylation is 2. The van der Waals surface area contributed by atoms with Gasteiger partial charge in [0.2, 0.25) is 5.91 Å². The van der Waals surface area contributed by atoms with E-state index in [4.69, 9.17) is 0 Å². The lowest BCUT2D eigenvalue weighted by Crippen LogP contribution is -2.47. The van der Waals surface area contributed by atoms with Crippen LogP contribution >= 0.6 is 0 Å². The molecule has 2 heteroatoms. The second-order valence-electron chi connectivity index (χ2n) is 8.25. The number of carbonyl (C=O) groups excluding carboxylic acids is 1. The quantitative estimate of drug-likeness (QED) is 0.827. The fourth-order valence-corrected chi connectivity index (χ4v) is 5.01. The minimum atomic E-state index is -0.160. The summed E-state index contributed by atoms with van der Waals surface area (Å²) in [4.78, 5) is 13.1. The van der Waals surface area contributed by atoms with Crippen molar-refractivity contribution >= 4 is 5.91 Å². The van der Waals surface area contributed by atoms with Gasteiger partial charge < -0.3 is 5.32 Å². The summed E-state index contributed by atoms with van der Waals surface area (Å²) in [6.45, 7) is 8.59. The van der Waals surface area contributed by atoms with Crippen LogP contribution in [0.1, 0.15) is 75.1 Å². The van der Waals surface area contributed by atoms with Crippen molar-refractivity contribution in [1.82, 2.24) is 5.32 Å². The lowest BCUT2D eigenvalue weighted by Gasteiger charge is -2.41. The van der Waals surface area contributed by atoms with E-state index in [1.165, 1.54) is 48.8 Å². The van der Waals surface area contributed by atoms with E-state index in [9.17, 15) is 4.79 Å². The van der Waals surface area contributed by atoms with Crippen molar-refractivity contribution in [3.63, 3.8) is 0 Å². The standard InChI is InChI=1S/C21H31NO/c1-14-8-11-19(15(2)12-14)16(3)22-20(23)21(4)13-17-6-5-7-18(21)10-9-17/h8,11-12,16-18H,5-7,9-10,13H2,1-4H3,(H,22,23). The highest BCUT2D eigenvalue weighted by Gasteiger charge is 2.47. The second-order valence-corrected chi connectivity index (χ2v) is 8.25. The number of hydrogen-bond donors (Lipinski definition) is 1. The zero-order chi connectivity index (χ0) is 16.6. The van der Waals surface area contributed by atoms with Gasteiger partial charge in [-0.05, 0) is 63.0 Å². The lowest BCUT2D eigenvalue weighted by molar-refractivity contribution is -0.136. The Morgan fingerprint density at radius 2 is 2.00 bits per heavy atom. The first-order chi connectivity index (χ1) is 10.9. The smallest absolute Gasteiger partial charge is 0.226 e. The van der Waals surface area contributed by atoms with Gasteiger partial charge in [-0.2, -0.15) is 0 Å². The van der Waals surface area contributed by atoms with Gasteiger partial charge in [-0.25, -0.2) is 0 Å². The zero-order valence-electron chi connectivity index (χ0n) is 15.1. The zero-order valence-corrected chi connectivity index (χ0v) is 15.1. The molecule has 2 bridgehead atoms. The summed E-state index contributed by atoms with van der Waals surface area (Å²) in [5.41, 5.74) is 3.63. The average Bonchev–Trinajstić information content (AvgIpc) is 2.80. The Morgan fingerprint density at radius 1 is 1.22 bits per heavy atom. The molecule has 4 rings (SSSR count). The van der Waals surface area contributed by atoms with Gasteiger partial charge in [0.05, 0.1) is 6.04 Å². The van der Waals surface area contributed by atoms with Crippen molar-refractivity contribution in [2.24, 2.45) is 17.3 Å². The summed E-state index contributed by atoms with van der Waals surface area (Å²) in [5.74, 6) is 1.62. The summed E-state index contributed by atoms with van der Waals surface area (Å²) < 4.78 is 0. The van der Waals surface area contributed by atoms with Crippen LogP contribution in [-0.2, 0) is 4.79 Å². The number of rotatable bonds is 3. The molecule has 0 spiro atoms. The molecule has 23 heavy (non-hydrogen) atoms. The molecular weight excluding hydrogens is 282 g/mol. The van der Waals surface area contributed by atoms with Crippen molar-refractivity contribution in [2.45, 2.75) is 72.3 Å². The van der Waals surface area contributed by atoms with Crippen LogP contribution in [0, 0.1) is 31.1 Å². The third-order valence-corrected chi connectivity index (χ3v) is 6.46. The number of amides is 1. The summed E-state index contributed by atoms with van der Waals surface area (Å²) in [6.07, 6.45) is 7.53. The van der Waals surface area contributed by atoms with Crippen molar-refractivity contribution in [3.05, 3.63) is 34.9 Å². The molecule has 3 aliphatic carbocycles. The molecule has 0 saturated heterocycles. The van der Waals surface area contributed by atoms with Gasteiger partial charge in [0, 0.05) is 5.41 Å². The predicted molar refractivity (Wildman–Crippen MR) is 95.3 cm³/mol. The first-order valence-corrected chi connectivity index (χ1v) is 9.28. The van der Waals surface area contributed by atoms with Gasteiger partial charge in [0.25, 0.3) is 0 Å². The van der Waals surface area contributed by atoms with E-state index < -0.39 is 0 Å². The van der Waals surface area contributed by atoms with Crippen molar-refractivity contribution < 1.29 is 4.79 Å². The van der Waals surface area contributed by atoms with Crippen LogP contribution < -0.4 is 5.32 Å². The maximum absolute atomic E-state index is 13.1. The Morgan fingerprint density at radius 3 is 2.74 bits per heavy atom. The number of carbonyl (C=O) groups is 1. The van der Waals surface area contributed by atoms with Gasteiger partial charge in [-0.15, -0.1) is 0 Å². The molecule has 4 atom stereocenters. The van der Waals surface area contributed by atoms with Crippen molar-refractivity contribution in [3.8, 4) is 0 Å². The molecule has 126 valence electrons. The Hall–Kier alpha value is -1.31. The van der Waals surface area contributed by atoms with Gasteiger partial charge in [-0.1, -0.05) is 49.9 Å². The van der Waals surface area contributed by atoms with E-state index in [0.717, 1.165) is 12.3 Å². The highest BCUT2D eigenvalue weighted by Crippen LogP contribution is 2.50. The number of benzene rings is 1. The molecule has 3 aliphatic rings. The fourth-order valence-electron chi connectivity index (χ4n) is 5.01. The van der Waals surface area contributed by atoms with Crippen LogP contribution in [-0.4, -0.2) is 5.91 Å². The van der Waals surface area contributed by atoms with E-state index in [1.54, 1.807) is 0 Å². The molecule has 1 aromatic carbocycles. The molecular formula is C21H31NO. The third-order valence-electron chi connectivity index (χ3n) is 6.46. The Kier molecular flexibility index (Phi) is 4.53. The Labute approximate surface area is 141 Å². The number of fused-ring (bicyclic) bond motifs is 4. The molecule has 0 aromatic heterocycles. The number of hydrogen-bond acceptors (Lipinski definition) is 1. The topological polar surface area (TPSA) is 29.1 Å².